The Kier molecular flexibility index (Phi) is 4.93. The van der Waals surface area contributed by atoms with Gasteiger partial charge in [0.15, 0.2) is 0 Å². The van der Waals surface area contributed by atoms with Gasteiger partial charge in [0.05, 0.1) is 6.04 Å². The van der Waals surface area contributed by atoms with Gasteiger partial charge in [0.1, 0.15) is 6.10 Å². The van der Waals surface area contributed by atoms with Crippen molar-refractivity contribution < 1.29 is 22.7 Å². The molecule has 0 N–H and O–H groups in total. The highest BCUT2D eigenvalue weighted by atomic mass is 19.4. The van der Waals surface area contributed by atoms with Gasteiger partial charge in [0.25, 0.3) is 0 Å². The quantitative estimate of drug-likeness (QED) is 0.796. The average molecular weight is 343 g/mol. The van der Waals surface area contributed by atoms with Crippen molar-refractivity contribution in [3.63, 3.8) is 0 Å². The molecule has 3 rings (SSSR count). The number of ether oxygens (including phenoxy) is 1. The molecule has 8 heteroatoms. The van der Waals surface area contributed by atoms with Crippen LogP contribution in [0.2, 0.25) is 0 Å². The SMILES string of the molecule is O=C1O[C@@H]2CN(CCCC(F)(F)F)C[C@@H]2N1CCc1ccccn1. The Bertz CT molecular complexity index is 567. The second kappa shape index (κ2) is 6.96. The van der Waals surface area contributed by atoms with Crippen LogP contribution in [-0.2, 0) is 11.2 Å². The first-order valence-corrected chi connectivity index (χ1v) is 8.09. The van der Waals surface area contributed by atoms with Gasteiger partial charge in [-0.3, -0.25) is 14.8 Å². The Balaban J connectivity index is 1.49. The number of amides is 1. The Hall–Kier alpha value is -1.83. The highest BCUT2D eigenvalue weighted by molar-refractivity contribution is 5.71. The standard InChI is InChI=1S/C16H20F3N3O2/c17-16(18,19)6-3-8-21-10-13-14(11-21)24-15(23)22(13)9-5-12-4-1-2-7-20-12/h1-2,4,7,13-14H,3,5-6,8-11H2/t13-,14+/m0/s1. The van der Waals surface area contributed by atoms with Gasteiger partial charge in [-0.05, 0) is 25.1 Å². The smallest absolute Gasteiger partial charge is 0.410 e. The molecule has 5 nitrogen and oxygen atoms in total. The van der Waals surface area contributed by atoms with E-state index in [1.165, 1.54) is 0 Å². The fourth-order valence-corrected chi connectivity index (χ4v) is 3.30. The number of hydrogen-bond acceptors (Lipinski definition) is 4. The molecular formula is C16H20F3N3O2. The minimum absolute atomic E-state index is 0.0742. The number of pyridine rings is 1. The van der Waals surface area contributed by atoms with E-state index in [4.69, 9.17) is 4.74 Å². The van der Waals surface area contributed by atoms with Crippen LogP contribution in [0.4, 0.5) is 18.0 Å². The maximum Gasteiger partial charge on any atom is 0.410 e. The summed E-state index contributed by atoms with van der Waals surface area (Å²) in [6.45, 7) is 1.95. The summed E-state index contributed by atoms with van der Waals surface area (Å²) in [5, 5.41) is 0. The number of rotatable bonds is 6. The van der Waals surface area contributed by atoms with Crippen LogP contribution in [0.1, 0.15) is 18.5 Å². The van der Waals surface area contributed by atoms with E-state index in [1.807, 2.05) is 23.1 Å². The van der Waals surface area contributed by atoms with Crippen LogP contribution < -0.4 is 0 Å². The lowest BCUT2D eigenvalue weighted by Gasteiger charge is -2.22. The molecule has 1 amide bonds. The maximum absolute atomic E-state index is 12.2. The summed E-state index contributed by atoms with van der Waals surface area (Å²) >= 11 is 0. The summed E-state index contributed by atoms with van der Waals surface area (Å²) < 4.78 is 42.1. The van der Waals surface area contributed by atoms with Crippen molar-refractivity contribution in [1.82, 2.24) is 14.8 Å². The van der Waals surface area contributed by atoms with Gasteiger partial charge >= 0.3 is 12.3 Å². The summed E-state index contributed by atoms with van der Waals surface area (Å²) in [6.07, 6.45) is -3.06. The van der Waals surface area contributed by atoms with Crippen molar-refractivity contribution in [2.45, 2.75) is 37.6 Å². The molecule has 1 aromatic rings. The van der Waals surface area contributed by atoms with Crippen LogP contribution in [-0.4, -0.2) is 65.4 Å². The molecule has 24 heavy (non-hydrogen) atoms. The van der Waals surface area contributed by atoms with Gasteiger partial charge in [-0.25, -0.2) is 4.79 Å². The van der Waals surface area contributed by atoms with Crippen molar-refractivity contribution in [1.29, 1.82) is 0 Å². The monoisotopic (exact) mass is 343 g/mol. The number of nitrogens with zero attached hydrogens (tertiary/aromatic N) is 3. The summed E-state index contributed by atoms with van der Waals surface area (Å²) in [4.78, 5) is 19.8. The molecule has 0 aromatic carbocycles. The van der Waals surface area contributed by atoms with E-state index >= 15 is 0 Å². The van der Waals surface area contributed by atoms with Gasteiger partial charge in [0.2, 0.25) is 0 Å². The lowest BCUT2D eigenvalue weighted by molar-refractivity contribution is -0.136. The van der Waals surface area contributed by atoms with Crippen molar-refractivity contribution >= 4 is 6.09 Å². The molecule has 1 aromatic heterocycles. The number of fused-ring (bicyclic) bond motifs is 1. The number of hydrogen-bond donors (Lipinski definition) is 0. The molecular weight excluding hydrogens is 323 g/mol. The Morgan fingerprint density at radius 3 is 2.79 bits per heavy atom. The molecule has 2 fully saturated rings. The Morgan fingerprint density at radius 2 is 2.08 bits per heavy atom. The second-order valence-electron chi connectivity index (χ2n) is 6.23. The molecule has 3 heterocycles. The van der Waals surface area contributed by atoms with E-state index in [1.54, 1.807) is 11.1 Å². The third-order valence-electron chi connectivity index (χ3n) is 4.47. The van der Waals surface area contributed by atoms with Crippen LogP contribution in [0.3, 0.4) is 0 Å². The van der Waals surface area contributed by atoms with Crippen LogP contribution in [0.15, 0.2) is 24.4 Å². The molecule has 0 bridgehead atoms. The zero-order valence-electron chi connectivity index (χ0n) is 13.2. The molecule has 2 saturated heterocycles. The van der Waals surface area contributed by atoms with E-state index in [2.05, 4.69) is 4.98 Å². The number of aromatic nitrogens is 1. The highest BCUT2D eigenvalue weighted by Crippen LogP contribution is 2.28. The third kappa shape index (κ3) is 4.17. The van der Waals surface area contributed by atoms with Crippen molar-refractivity contribution in [2.75, 3.05) is 26.2 Å². The number of carbonyl (C=O) groups is 1. The average Bonchev–Trinajstić information content (AvgIpc) is 3.02. The molecule has 0 aliphatic carbocycles. The van der Waals surface area contributed by atoms with Gasteiger partial charge in [-0.1, -0.05) is 6.07 Å². The molecule has 0 radical (unpaired) electrons. The van der Waals surface area contributed by atoms with E-state index in [-0.39, 0.29) is 24.7 Å². The van der Waals surface area contributed by atoms with Crippen molar-refractivity contribution in [3.05, 3.63) is 30.1 Å². The lowest BCUT2D eigenvalue weighted by Crippen LogP contribution is -2.39. The van der Waals surface area contributed by atoms with E-state index < -0.39 is 12.6 Å². The predicted molar refractivity (Wildman–Crippen MR) is 80.4 cm³/mol. The van der Waals surface area contributed by atoms with Gasteiger partial charge in [-0.2, -0.15) is 13.2 Å². The van der Waals surface area contributed by atoms with Crippen LogP contribution in [0, 0.1) is 0 Å². The number of halogens is 3. The first-order chi connectivity index (χ1) is 11.4. The number of carbonyl (C=O) groups excluding carboxylic acids is 1. The molecule has 0 saturated carbocycles. The minimum atomic E-state index is -4.11. The predicted octanol–water partition coefficient (Wildman–Crippen LogP) is 2.47. The van der Waals surface area contributed by atoms with Gasteiger partial charge < -0.3 is 4.74 Å². The first kappa shape index (κ1) is 17.0. The van der Waals surface area contributed by atoms with Crippen LogP contribution >= 0.6 is 0 Å². The molecule has 2 atom stereocenters. The van der Waals surface area contributed by atoms with Crippen LogP contribution in [0.25, 0.3) is 0 Å². The zero-order chi connectivity index (χ0) is 17.2. The molecule has 0 unspecified atom stereocenters. The normalized spacial score (nSPS) is 24.3. The highest BCUT2D eigenvalue weighted by Gasteiger charge is 2.47. The second-order valence-corrected chi connectivity index (χ2v) is 6.23. The summed E-state index contributed by atoms with van der Waals surface area (Å²) in [6, 6.07) is 5.55. The number of alkyl halides is 3. The fourth-order valence-electron chi connectivity index (χ4n) is 3.30. The minimum Gasteiger partial charge on any atom is -0.442 e. The third-order valence-corrected chi connectivity index (χ3v) is 4.47. The summed E-state index contributed by atoms with van der Waals surface area (Å²) in [5.74, 6) is 0. The molecule has 0 spiro atoms. The first-order valence-electron chi connectivity index (χ1n) is 8.09. The summed E-state index contributed by atoms with van der Waals surface area (Å²) in [7, 11) is 0. The van der Waals surface area contributed by atoms with E-state index in [0.29, 0.717) is 32.6 Å². The Morgan fingerprint density at radius 1 is 1.25 bits per heavy atom. The molecule has 2 aliphatic rings. The van der Waals surface area contributed by atoms with Gasteiger partial charge in [0, 0.05) is 44.4 Å². The van der Waals surface area contributed by atoms with Crippen molar-refractivity contribution in [3.8, 4) is 0 Å². The maximum atomic E-state index is 12.2. The summed E-state index contributed by atoms with van der Waals surface area (Å²) in [5.41, 5.74) is 0.897. The fraction of sp³-hybridized carbons (Fsp3) is 0.625. The lowest BCUT2D eigenvalue weighted by atomic mass is 10.2. The van der Waals surface area contributed by atoms with Gasteiger partial charge in [-0.15, -0.1) is 0 Å². The Labute approximate surface area is 138 Å². The topological polar surface area (TPSA) is 45.7 Å². The van der Waals surface area contributed by atoms with Crippen LogP contribution in [0.5, 0.6) is 0 Å². The largest absolute Gasteiger partial charge is 0.442 e. The van der Waals surface area contributed by atoms with E-state index in [9.17, 15) is 18.0 Å². The molecule has 132 valence electrons. The zero-order valence-corrected chi connectivity index (χ0v) is 13.2. The van der Waals surface area contributed by atoms with E-state index in [0.717, 1.165) is 5.69 Å². The molecule has 2 aliphatic heterocycles. The number of likely N-dealkylation sites (tertiary alicyclic amines) is 1. The van der Waals surface area contributed by atoms with Crippen molar-refractivity contribution in [2.24, 2.45) is 0 Å².